The molecule has 98 valence electrons. The van der Waals surface area contributed by atoms with Gasteiger partial charge in [-0.1, -0.05) is 12.1 Å². The highest BCUT2D eigenvalue weighted by atomic mass is 19.1. The molecule has 0 aromatic heterocycles. The summed E-state index contributed by atoms with van der Waals surface area (Å²) in [4.78, 5) is 22.7. The van der Waals surface area contributed by atoms with Crippen molar-refractivity contribution in [2.45, 2.75) is 32.9 Å². The van der Waals surface area contributed by atoms with Gasteiger partial charge in [-0.25, -0.2) is 4.39 Å². The number of hydrogen-bond donors (Lipinski definition) is 2. The second-order valence-electron chi connectivity index (χ2n) is 4.30. The molecule has 1 rings (SSSR count). The summed E-state index contributed by atoms with van der Waals surface area (Å²) in [5.41, 5.74) is 0.786. The molecule has 5 heteroatoms. The smallest absolute Gasteiger partial charge is 0.229 e. The van der Waals surface area contributed by atoms with Crippen LogP contribution in [0.25, 0.3) is 0 Å². The summed E-state index contributed by atoms with van der Waals surface area (Å²) in [5.74, 6) is -0.972. The number of nitrogens with one attached hydrogen (secondary N) is 2. The van der Waals surface area contributed by atoms with E-state index < -0.39 is 0 Å². The molecular formula is C13H17FN2O2. The Morgan fingerprint density at radius 1 is 1.17 bits per heavy atom. The van der Waals surface area contributed by atoms with E-state index in [-0.39, 0.29) is 36.6 Å². The number of benzene rings is 1. The Labute approximate surface area is 106 Å². The number of carbonyl (C=O) groups is 2. The van der Waals surface area contributed by atoms with Gasteiger partial charge in [0.25, 0.3) is 0 Å². The van der Waals surface area contributed by atoms with Gasteiger partial charge >= 0.3 is 0 Å². The number of rotatable bonds is 5. The third-order valence-corrected chi connectivity index (χ3v) is 2.17. The predicted molar refractivity (Wildman–Crippen MR) is 66.1 cm³/mol. The van der Waals surface area contributed by atoms with E-state index in [2.05, 4.69) is 10.6 Å². The largest absolute Gasteiger partial charge is 0.353 e. The zero-order chi connectivity index (χ0) is 13.5. The fourth-order valence-corrected chi connectivity index (χ4v) is 1.38. The van der Waals surface area contributed by atoms with E-state index in [4.69, 9.17) is 0 Å². The first-order valence-electron chi connectivity index (χ1n) is 5.78. The standard InChI is InChI=1S/C13H17FN2O2/c1-9(2)16-13(18)7-12(17)15-8-10-3-5-11(14)6-4-10/h3-6,9H,7-8H2,1-2H3,(H,15,17)(H,16,18). The second-order valence-corrected chi connectivity index (χ2v) is 4.30. The topological polar surface area (TPSA) is 58.2 Å². The van der Waals surface area contributed by atoms with Gasteiger partial charge in [-0.3, -0.25) is 9.59 Å². The number of hydrogen-bond acceptors (Lipinski definition) is 2. The Bertz CT molecular complexity index is 416. The maximum Gasteiger partial charge on any atom is 0.229 e. The fraction of sp³-hybridized carbons (Fsp3) is 0.385. The normalized spacial score (nSPS) is 10.2. The molecule has 0 radical (unpaired) electrons. The quantitative estimate of drug-likeness (QED) is 0.777. The highest BCUT2D eigenvalue weighted by molar-refractivity contribution is 5.96. The van der Waals surface area contributed by atoms with E-state index in [0.29, 0.717) is 0 Å². The summed E-state index contributed by atoms with van der Waals surface area (Å²) < 4.78 is 12.6. The number of carbonyl (C=O) groups excluding carboxylic acids is 2. The van der Waals surface area contributed by atoms with E-state index in [1.807, 2.05) is 13.8 Å². The van der Waals surface area contributed by atoms with Crippen molar-refractivity contribution in [3.8, 4) is 0 Å². The van der Waals surface area contributed by atoms with E-state index >= 15 is 0 Å². The minimum Gasteiger partial charge on any atom is -0.353 e. The lowest BCUT2D eigenvalue weighted by Gasteiger charge is -2.08. The average molecular weight is 252 g/mol. The average Bonchev–Trinajstić information content (AvgIpc) is 2.27. The van der Waals surface area contributed by atoms with Crippen LogP contribution in [-0.2, 0) is 16.1 Å². The van der Waals surface area contributed by atoms with Gasteiger partial charge in [0.05, 0.1) is 0 Å². The molecule has 0 fully saturated rings. The van der Waals surface area contributed by atoms with Crippen LogP contribution >= 0.6 is 0 Å². The molecule has 0 atom stereocenters. The maximum atomic E-state index is 12.6. The van der Waals surface area contributed by atoms with Crippen molar-refractivity contribution in [1.29, 1.82) is 0 Å². The first kappa shape index (κ1) is 14.2. The van der Waals surface area contributed by atoms with Gasteiger partial charge in [0.2, 0.25) is 11.8 Å². The van der Waals surface area contributed by atoms with E-state index in [0.717, 1.165) is 5.56 Å². The molecule has 4 nitrogen and oxygen atoms in total. The Kier molecular flexibility index (Phi) is 5.30. The van der Waals surface area contributed by atoms with Gasteiger partial charge in [0.15, 0.2) is 0 Å². The summed E-state index contributed by atoms with van der Waals surface area (Å²) in [7, 11) is 0. The van der Waals surface area contributed by atoms with E-state index in [1.54, 1.807) is 12.1 Å². The first-order valence-corrected chi connectivity index (χ1v) is 5.78. The second kappa shape index (κ2) is 6.74. The van der Waals surface area contributed by atoms with Crippen LogP contribution in [0.5, 0.6) is 0 Å². The molecule has 0 aliphatic heterocycles. The molecule has 1 aromatic rings. The summed E-state index contributed by atoms with van der Waals surface area (Å²) in [5, 5.41) is 5.23. The Morgan fingerprint density at radius 3 is 2.33 bits per heavy atom. The zero-order valence-electron chi connectivity index (χ0n) is 10.5. The summed E-state index contributed by atoms with van der Waals surface area (Å²) in [6.45, 7) is 3.94. The minimum absolute atomic E-state index is 0.0161. The summed E-state index contributed by atoms with van der Waals surface area (Å²) in [6.07, 6.45) is -0.195. The van der Waals surface area contributed by atoms with Crippen molar-refractivity contribution in [3.63, 3.8) is 0 Å². The van der Waals surface area contributed by atoms with E-state index in [1.165, 1.54) is 12.1 Å². The molecule has 0 unspecified atom stereocenters. The van der Waals surface area contributed by atoms with Crippen LogP contribution in [0, 0.1) is 5.82 Å². The molecule has 18 heavy (non-hydrogen) atoms. The van der Waals surface area contributed by atoms with Crippen molar-refractivity contribution >= 4 is 11.8 Å². The lowest BCUT2D eigenvalue weighted by Crippen LogP contribution is -2.35. The molecule has 1 aromatic carbocycles. The van der Waals surface area contributed by atoms with Crippen molar-refractivity contribution in [2.75, 3.05) is 0 Å². The summed E-state index contributed by atoms with van der Waals surface area (Å²) >= 11 is 0. The maximum absolute atomic E-state index is 12.6. The molecule has 2 amide bonds. The van der Waals surface area contributed by atoms with Gasteiger partial charge in [0, 0.05) is 12.6 Å². The van der Waals surface area contributed by atoms with Gasteiger partial charge in [0.1, 0.15) is 12.2 Å². The predicted octanol–water partition coefficient (Wildman–Crippen LogP) is 1.36. The van der Waals surface area contributed by atoms with Gasteiger partial charge in [-0.05, 0) is 31.5 Å². The van der Waals surface area contributed by atoms with Gasteiger partial charge in [-0.15, -0.1) is 0 Å². The van der Waals surface area contributed by atoms with Crippen molar-refractivity contribution in [2.24, 2.45) is 0 Å². The highest BCUT2D eigenvalue weighted by Gasteiger charge is 2.09. The van der Waals surface area contributed by atoms with Gasteiger partial charge < -0.3 is 10.6 Å². The molecule has 0 saturated heterocycles. The number of amides is 2. The lowest BCUT2D eigenvalue weighted by molar-refractivity contribution is -0.129. The van der Waals surface area contributed by atoms with Crippen molar-refractivity contribution in [3.05, 3.63) is 35.6 Å². The van der Waals surface area contributed by atoms with Crippen molar-refractivity contribution in [1.82, 2.24) is 10.6 Å². The molecule has 0 spiro atoms. The van der Waals surface area contributed by atoms with Gasteiger partial charge in [-0.2, -0.15) is 0 Å². The number of halogens is 1. The third kappa shape index (κ3) is 5.43. The SMILES string of the molecule is CC(C)NC(=O)CC(=O)NCc1ccc(F)cc1. The summed E-state index contributed by atoms with van der Waals surface area (Å²) in [6, 6.07) is 5.84. The molecule has 0 heterocycles. The molecule has 0 bridgehead atoms. The lowest BCUT2D eigenvalue weighted by atomic mass is 10.2. The van der Waals surface area contributed by atoms with Crippen LogP contribution in [0.2, 0.25) is 0 Å². The van der Waals surface area contributed by atoms with Crippen LogP contribution in [0.4, 0.5) is 4.39 Å². The van der Waals surface area contributed by atoms with E-state index in [9.17, 15) is 14.0 Å². The molecule has 0 aliphatic rings. The van der Waals surface area contributed by atoms with Crippen LogP contribution in [0.15, 0.2) is 24.3 Å². The Hall–Kier alpha value is -1.91. The van der Waals surface area contributed by atoms with Crippen LogP contribution in [0.1, 0.15) is 25.8 Å². The monoisotopic (exact) mass is 252 g/mol. The van der Waals surface area contributed by atoms with Crippen molar-refractivity contribution < 1.29 is 14.0 Å². The zero-order valence-corrected chi connectivity index (χ0v) is 10.5. The molecule has 2 N–H and O–H groups in total. The minimum atomic E-state index is -0.350. The fourth-order valence-electron chi connectivity index (χ4n) is 1.38. The highest BCUT2D eigenvalue weighted by Crippen LogP contribution is 2.02. The molecular weight excluding hydrogens is 235 g/mol. The Balaban J connectivity index is 2.33. The van der Waals surface area contributed by atoms with Crippen LogP contribution in [0.3, 0.4) is 0 Å². The molecule has 0 aliphatic carbocycles. The first-order chi connectivity index (χ1) is 8.47. The third-order valence-electron chi connectivity index (χ3n) is 2.17. The molecule has 0 saturated carbocycles. The van der Waals surface area contributed by atoms with Crippen LogP contribution < -0.4 is 10.6 Å². The Morgan fingerprint density at radius 2 is 1.78 bits per heavy atom. The van der Waals surface area contributed by atoms with Crippen LogP contribution in [-0.4, -0.2) is 17.9 Å².